The van der Waals surface area contributed by atoms with E-state index < -0.39 is 11.7 Å². The van der Waals surface area contributed by atoms with E-state index in [1.807, 2.05) is 45.9 Å². The molecular weight excluding hydrogens is 282 g/mol. The van der Waals surface area contributed by atoms with Crippen LogP contribution in [0.1, 0.15) is 45.2 Å². The molecule has 0 unspecified atom stereocenters. The molecule has 0 spiro atoms. The number of esters is 1. The quantitative estimate of drug-likeness (QED) is 0.839. The van der Waals surface area contributed by atoms with Gasteiger partial charge in [0.05, 0.1) is 6.61 Å². The van der Waals surface area contributed by atoms with E-state index in [-0.39, 0.29) is 5.97 Å². The smallest absolute Gasteiger partial charge is 0.412 e. The van der Waals surface area contributed by atoms with Gasteiger partial charge in [-0.25, -0.2) is 4.79 Å². The Bertz CT molecular complexity index is 532. The molecule has 22 heavy (non-hydrogen) atoms. The summed E-state index contributed by atoms with van der Waals surface area (Å²) >= 11 is 0. The van der Waals surface area contributed by atoms with Crippen molar-refractivity contribution in [3.8, 4) is 0 Å². The van der Waals surface area contributed by atoms with Gasteiger partial charge >= 0.3 is 12.1 Å². The van der Waals surface area contributed by atoms with E-state index in [0.717, 1.165) is 11.1 Å². The molecule has 5 nitrogen and oxygen atoms in total. The van der Waals surface area contributed by atoms with Gasteiger partial charge in [-0.2, -0.15) is 0 Å². The van der Waals surface area contributed by atoms with Crippen molar-refractivity contribution >= 4 is 17.7 Å². The van der Waals surface area contributed by atoms with Gasteiger partial charge in [0.2, 0.25) is 0 Å². The number of ether oxygens (including phenoxy) is 2. The van der Waals surface area contributed by atoms with E-state index in [0.29, 0.717) is 25.1 Å². The second-order valence-corrected chi connectivity index (χ2v) is 6.07. The topological polar surface area (TPSA) is 64.6 Å². The minimum Gasteiger partial charge on any atom is -0.466 e. The maximum Gasteiger partial charge on any atom is 0.412 e. The SMILES string of the molecule is CCOC(=O)CCc1cc(NC(=O)OC(C)(C)C)ccc1C. The van der Waals surface area contributed by atoms with Crippen LogP contribution < -0.4 is 5.32 Å². The lowest BCUT2D eigenvalue weighted by molar-refractivity contribution is -0.143. The Labute approximate surface area is 132 Å². The van der Waals surface area contributed by atoms with Crippen LogP contribution in [0.15, 0.2) is 18.2 Å². The number of aryl methyl sites for hydroxylation is 2. The highest BCUT2D eigenvalue weighted by molar-refractivity contribution is 5.85. The Morgan fingerprint density at radius 3 is 2.50 bits per heavy atom. The highest BCUT2D eigenvalue weighted by Gasteiger charge is 2.16. The number of hydrogen-bond acceptors (Lipinski definition) is 4. The van der Waals surface area contributed by atoms with Gasteiger partial charge in [0.1, 0.15) is 5.60 Å². The van der Waals surface area contributed by atoms with Gasteiger partial charge in [-0.05, 0) is 64.3 Å². The third-order valence-electron chi connectivity index (χ3n) is 2.90. The summed E-state index contributed by atoms with van der Waals surface area (Å²) in [5.74, 6) is -0.215. The number of nitrogens with one attached hydrogen (secondary N) is 1. The van der Waals surface area contributed by atoms with Crippen LogP contribution in [-0.4, -0.2) is 24.3 Å². The molecule has 5 heteroatoms. The van der Waals surface area contributed by atoms with E-state index >= 15 is 0 Å². The van der Waals surface area contributed by atoms with Crippen LogP contribution in [0.2, 0.25) is 0 Å². The lowest BCUT2D eigenvalue weighted by Gasteiger charge is -2.20. The lowest BCUT2D eigenvalue weighted by Crippen LogP contribution is -2.27. The Balaban J connectivity index is 2.69. The van der Waals surface area contributed by atoms with E-state index in [1.165, 1.54) is 0 Å². The zero-order chi connectivity index (χ0) is 16.8. The second-order valence-electron chi connectivity index (χ2n) is 6.07. The number of carbonyl (C=O) groups excluding carboxylic acids is 2. The molecule has 0 aliphatic carbocycles. The number of anilines is 1. The fourth-order valence-electron chi connectivity index (χ4n) is 1.91. The number of amides is 1. The first kappa shape index (κ1) is 18.0. The van der Waals surface area contributed by atoms with Crippen LogP contribution in [0.5, 0.6) is 0 Å². The van der Waals surface area contributed by atoms with Gasteiger partial charge < -0.3 is 9.47 Å². The molecule has 0 heterocycles. The lowest BCUT2D eigenvalue weighted by atomic mass is 10.0. The zero-order valence-corrected chi connectivity index (χ0v) is 14.0. The Kier molecular flexibility index (Phi) is 6.40. The maximum absolute atomic E-state index is 11.8. The molecule has 0 fully saturated rings. The van der Waals surface area contributed by atoms with Gasteiger partial charge in [0, 0.05) is 12.1 Å². The average molecular weight is 307 g/mol. The van der Waals surface area contributed by atoms with Gasteiger partial charge in [0.15, 0.2) is 0 Å². The predicted octanol–water partition coefficient (Wildman–Crippen LogP) is 3.84. The molecule has 0 radical (unpaired) electrons. The first-order valence-corrected chi connectivity index (χ1v) is 7.46. The minimum atomic E-state index is -0.540. The van der Waals surface area contributed by atoms with Crippen LogP contribution in [0.3, 0.4) is 0 Å². The summed E-state index contributed by atoms with van der Waals surface area (Å²) in [5, 5.41) is 2.70. The molecule has 1 amide bonds. The third-order valence-corrected chi connectivity index (χ3v) is 2.90. The van der Waals surface area contributed by atoms with Crippen molar-refractivity contribution in [2.45, 2.75) is 53.1 Å². The first-order valence-electron chi connectivity index (χ1n) is 7.46. The zero-order valence-electron chi connectivity index (χ0n) is 14.0. The second kappa shape index (κ2) is 7.82. The van der Waals surface area contributed by atoms with Crippen molar-refractivity contribution in [1.29, 1.82) is 0 Å². The summed E-state index contributed by atoms with van der Waals surface area (Å²) < 4.78 is 10.1. The molecule has 0 aromatic heterocycles. The first-order chi connectivity index (χ1) is 10.2. The molecular formula is C17H25NO4. The molecule has 1 aromatic rings. The van der Waals surface area contributed by atoms with Gasteiger partial charge in [0.25, 0.3) is 0 Å². The molecule has 0 aliphatic heterocycles. The summed E-state index contributed by atoms with van der Waals surface area (Å²) in [6, 6.07) is 5.58. The fraction of sp³-hybridized carbons (Fsp3) is 0.529. The molecule has 0 atom stereocenters. The predicted molar refractivity (Wildman–Crippen MR) is 86.0 cm³/mol. The standard InChI is InChI=1S/C17H25NO4/c1-6-21-15(19)10-8-13-11-14(9-7-12(13)2)18-16(20)22-17(3,4)5/h7,9,11H,6,8,10H2,1-5H3,(H,18,20). The van der Waals surface area contributed by atoms with E-state index in [9.17, 15) is 9.59 Å². The highest BCUT2D eigenvalue weighted by atomic mass is 16.6. The molecule has 122 valence electrons. The van der Waals surface area contributed by atoms with Crippen LogP contribution in [0.4, 0.5) is 10.5 Å². The van der Waals surface area contributed by atoms with Crippen molar-refractivity contribution < 1.29 is 19.1 Å². The Hall–Kier alpha value is -2.04. The van der Waals surface area contributed by atoms with Crippen LogP contribution in [0.25, 0.3) is 0 Å². The normalized spacial score (nSPS) is 11.0. The summed E-state index contributed by atoms with van der Waals surface area (Å²) in [7, 11) is 0. The fourth-order valence-corrected chi connectivity index (χ4v) is 1.91. The summed E-state index contributed by atoms with van der Waals surface area (Å²) in [6.45, 7) is 9.58. The van der Waals surface area contributed by atoms with Crippen molar-refractivity contribution in [1.82, 2.24) is 0 Å². The van der Waals surface area contributed by atoms with E-state index in [4.69, 9.17) is 9.47 Å². The number of hydrogen-bond donors (Lipinski definition) is 1. The number of rotatable bonds is 5. The summed E-state index contributed by atoms with van der Waals surface area (Å²) in [4.78, 5) is 23.2. The monoisotopic (exact) mass is 307 g/mol. The van der Waals surface area contributed by atoms with E-state index in [2.05, 4.69) is 5.32 Å². The summed E-state index contributed by atoms with van der Waals surface area (Å²) in [6.07, 6.45) is 0.409. The van der Waals surface area contributed by atoms with Crippen LogP contribution >= 0.6 is 0 Å². The van der Waals surface area contributed by atoms with Crippen LogP contribution in [-0.2, 0) is 20.7 Å². The van der Waals surface area contributed by atoms with E-state index in [1.54, 1.807) is 6.92 Å². The number of carbonyl (C=O) groups is 2. The van der Waals surface area contributed by atoms with Crippen molar-refractivity contribution in [3.63, 3.8) is 0 Å². The average Bonchev–Trinajstić information content (AvgIpc) is 2.37. The van der Waals surface area contributed by atoms with Gasteiger partial charge in [-0.1, -0.05) is 6.07 Å². The maximum atomic E-state index is 11.8. The van der Waals surface area contributed by atoms with Gasteiger partial charge in [-0.3, -0.25) is 10.1 Å². The van der Waals surface area contributed by atoms with Crippen molar-refractivity contribution in [2.75, 3.05) is 11.9 Å². The number of benzene rings is 1. The Morgan fingerprint density at radius 1 is 1.23 bits per heavy atom. The molecule has 1 N–H and O–H groups in total. The molecule has 1 rings (SSSR count). The van der Waals surface area contributed by atoms with Crippen molar-refractivity contribution in [2.24, 2.45) is 0 Å². The Morgan fingerprint density at radius 2 is 1.91 bits per heavy atom. The molecule has 0 bridgehead atoms. The molecule has 0 saturated heterocycles. The molecule has 1 aromatic carbocycles. The third kappa shape index (κ3) is 6.61. The minimum absolute atomic E-state index is 0.215. The summed E-state index contributed by atoms with van der Waals surface area (Å²) in [5.41, 5.74) is 2.18. The molecule has 0 saturated carbocycles. The molecule has 0 aliphatic rings. The van der Waals surface area contributed by atoms with Gasteiger partial charge in [-0.15, -0.1) is 0 Å². The van der Waals surface area contributed by atoms with Crippen molar-refractivity contribution in [3.05, 3.63) is 29.3 Å². The van der Waals surface area contributed by atoms with Crippen LogP contribution in [0, 0.1) is 6.92 Å². The largest absolute Gasteiger partial charge is 0.466 e. The highest BCUT2D eigenvalue weighted by Crippen LogP contribution is 2.18.